The lowest BCUT2D eigenvalue weighted by atomic mass is 10.1. The van der Waals surface area contributed by atoms with Gasteiger partial charge in [-0.3, -0.25) is 9.59 Å². The Hall–Kier alpha value is -2.17. The number of likely N-dealkylation sites (N-methyl/N-ethyl adjacent to an activating group) is 1. The number of carbonyl (C=O) groups is 2. The number of nitrogens with zero attached hydrogens (tertiary/aromatic N) is 2. The predicted molar refractivity (Wildman–Crippen MR) is 88.8 cm³/mol. The summed E-state index contributed by atoms with van der Waals surface area (Å²) in [7, 11) is 1.67. The quantitative estimate of drug-likeness (QED) is 0.821. The summed E-state index contributed by atoms with van der Waals surface area (Å²) in [6.45, 7) is 1.97. The third kappa shape index (κ3) is 4.41. The van der Waals surface area contributed by atoms with E-state index in [1.54, 1.807) is 25.4 Å². The Balaban J connectivity index is 1.55. The van der Waals surface area contributed by atoms with Crippen LogP contribution >= 0.6 is 0 Å². The maximum absolute atomic E-state index is 12.3. The van der Waals surface area contributed by atoms with Crippen molar-refractivity contribution >= 4 is 17.6 Å². The second kappa shape index (κ2) is 6.52. The van der Waals surface area contributed by atoms with Crippen molar-refractivity contribution in [2.45, 2.75) is 32.6 Å². The van der Waals surface area contributed by atoms with Gasteiger partial charge in [-0.1, -0.05) is 5.57 Å². The van der Waals surface area contributed by atoms with E-state index in [9.17, 15) is 9.59 Å². The number of carbonyl (C=O) groups excluding carboxylic acids is 2. The molecule has 3 rings (SSSR count). The molecule has 0 unspecified atom stereocenters. The number of aromatic nitrogens is 1. The summed E-state index contributed by atoms with van der Waals surface area (Å²) in [5.74, 6) is 1.44. The van der Waals surface area contributed by atoms with Crippen LogP contribution < -0.4 is 5.32 Å². The number of anilines is 1. The summed E-state index contributed by atoms with van der Waals surface area (Å²) in [5.41, 5.74) is 2.34. The van der Waals surface area contributed by atoms with Crippen LogP contribution in [0.4, 0.5) is 5.82 Å². The van der Waals surface area contributed by atoms with Crippen molar-refractivity contribution in [2.24, 2.45) is 11.8 Å². The van der Waals surface area contributed by atoms with Gasteiger partial charge >= 0.3 is 0 Å². The fourth-order valence-electron chi connectivity index (χ4n) is 2.74. The smallest absolute Gasteiger partial charge is 0.246 e. The maximum atomic E-state index is 12.3. The number of hydrogen-bond acceptors (Lipinski definition) is 3. The normalized spacial score (nSPS) is 16.6. The van der Waals surface area contributed by atoms with Gasteiger partial charge in [0, 0.05) is 19.3 Å². The zero-order valence-corrected chi connectivity index (χ0v) is 13.7. The lowest BCUT2D eigenvalue weighted by molar-refractivity contribution is -0.129. The molecule has 122 valence electrons. The monoisotopic (exact) mass is 313 g/mol. The number of aryl methyl sites for hydroxylation is 1. The molecule has 2 amide bonds. The third-order valence-electron chi connectivity index (χ3n) is 4.33. The van der Waals surface area contributed by atoms with Gasteiger partial charge in [0.15, 0.2) is 0 Å². The minimum absolute atomic E-state index is 0.0353. The first-order chi connectivity index (χ1) is 11.0. The summed E-state index contributed by atoms with van der Waals surface area (Å²) < 4.78 is 0. The molecule has 1 heterocycles. The second-order valence-electron chi connectivity index (χ2n) is 6.65. The molecule has 1 aromatic rings. The van der Waals surface area contributed by atoms with Crippen LogP contribution in [0.3, 0.4) is 0 Å². The van der Waals surface area contributed by atoms with Gasteiger partial charge in [-0.15, -0.1) is 0 Å². The Morgan fingerprint density at radius 3 is 2.52 bits per heavy atom. The Kier molecular flexibility index (Phi) is 4.46. The Morgan fingerprint density at radius 2 is 1.96 bits per heavy atom. The highest BCUT2D eigenvalue weighted by atomic mass is 16.2. The number of allylic oxidation sites excluding steroid dienone is 1. The molecule has 2 saturated carbocycles. The van der Waals surface area contributed by atoms with E-state index in [-0.39, 0.29) is 18.4 Å². The number of amides is 2. The SMILES string of the molecule is Cc1ccnc(NC(=O)CN(C)C(=O)C=C(C2CC2)C2CC2)c1. The molecule has 1 aromatic heterocycles. The molecule has 2 aliphatic carbocycles. The van der Waals surface area contributed by atoms with Crippen molar-refractivity contribution in [3.8, 4) is 0 Å². The molecule has 5 heteroatoms. The van der Waals surface area contributed by atoms with Crippen molar-refractivity contribution in [1.29, 1.82) is 0 Å². The van der Waals surface area contributed by atoms with E-state index in [0.29, 0.717) is 17.7 Å². The van der Waals surface area contributed by atoms with Crippen LogP contribution in [0.25, 0.3) is 0 Å². The highest BCUT2D eigenvalue weighted by Gasteiger charge is 2.36. The molecule has 1 N–H and O–H groups in total. The number of rotatable bonds is 6. The van der Waals surface area contributed by atoms with Gasteiger partial charge in [0.2, 0.25) is 11.8 Å². The van der Waals surface area contributed by atoms with Gasteiger partial charge in [0.05, 0.1) is 6.54 Å². The highest BCUT2D eigenvalue weighted by molar-refractivity contribution is 5.96. The topological polar surface area (TPSA) is 62.3 Å². The van der Waals surface area contributed by atoms with Crippen LogP contribution in [0.15, 0.2) is 30.0 Å². The van der Waals surface area contributed by atoms with Crippen LogP contribution in [0, 0.1) is 18.8 Å². The molecule has 5 nitrogen and oxygen atoms in total. The van der Waals surface area contributed by atoms with E-state index < -0.39 is 0 Å². The van der Waals surface area contributed by atoms with Crippen LogP contribution in [-0.4, -0.2) is 35.3 Å². The zero-order valence-electron chi connectivity index (χ0n) is 13.7. The number of nitrogens with one attached hydrogen (secondary N) is 1. The molecule has 0 aromatic carbocycles. The van der Waals surface area contributed by atoms with Crippen LogP contribution in [-0.2, 0) is 9.59 Å². The first-order valence-corrected chi connectivity index (χ1v) is 8.22. The first-order valence-electron chi connectivity index (χ1n) is 8.22. The summed E-state index contributed by atoms with van der Waals surface area (Å²) >= 11 is 0. The van der Waals surface area contributed by atoms with Gasteiger partial charge in [-0.2, -0.15) is 0 Å². The zero-order chi connectivity index (χ0) is 16.4. The van der Waals surface area contributed by atoms with E-state index in [1.165, 1.54) is 36.2 Å². The van der Waals surface area contributed by atoms with Gasteiger partial charge < -0.3 is 10.2 Å². The van der Waals surface area contributed by atoms with Crippen molar-refractivity contribution in [1.82, 2.24) is 9.88 Å². The summed E-state index contributed by atoms with van der Waals surface area (Å²) in [6.07, 6.45) is 8.25. The Labute approximate surface area is 136 Å². The molecular weight excluding hydrogens is 290 g/mol. The second-order valence-corrected chi connectivity index (χ2v) is 6.65. The van der Waals surface area contributed by atoms with Crippen LogP contribution in [0.2, 0.25) is 0 Å². The minimum atomic E-state index is -0.230. The lowest BCUT2D eigenvalue weighted by Gasteiger charge is -2.16. The van der Waals surface area contributed by atoms with Gasteiger partial charge in [0.25, 0.3) is 0 Å². The van der Waals surface area contributed by atoms with Crippen LogP contribution in [0.1, 0.15) is 31.2 Å². The number of pyridine rings is 1. The first kappa shape index (κ1) is 15.7. The average Bonchev–Trinajstić information content (AvgIpc) is 3.37. The maximum Gasteiger partial charge on any atom is 0.246 e. The minimum Gasteiger partial charge on any atom is -0.333 e. The summed E-state index contributed by atoms with van der Waals surface area (Å²) in [5, 5.41) is 2.73. The molecule has 2 aliphatic rings. The van der Waals surface area contributed by atoms with E-state index >= 15 is 0 Å². The van der Waals surface area contributed by atoms with Crippen LogP contribution in [0.5, 0.6) is 0 Å². The fourth-order valence-corrected chi connectivity index (χ4v) is 2.74. The molecule has 0 aliphatic heterocycles. The van der Waals surface area contributed by atoms with E-state index in [1.807, 2.05) is 13.0 Å². The fraction of sp³-hybridized carbons (Fsp3) is 0.500. The van der Waals surface area contributed by atoms with Crippen molar-refractivity contribution in [2.75, 3.05) is 18.9 Å². The van der Waals surface area contributed by atoms with E-state index in [4.69, 9.17) is 0 Å². The van der Waals surface area contributed by atoms with Gasteiger partial charge in [-0.25, -0.2) is 4.98 Å². The van der Waals surface area contributed by atoms with Crippen molar-refractivity contribution < 1.29 is 9.59 Å². The Bertz CT molecular complexity index is 631. The molecule has 0 radical (unpaired) electrons. The van der Waals surface area contributed by atoms with Gasteiger partial charge in [-0.05, 0) is 62.1 Å². The lowest BCUT2D eigenvalue weighted by Crippen LogP contribution is -2.34. The largest absolute Gasteiger partial charge is 0.333 e. The third-order valence-corrected chi connectivity index (χ3v) is 4.33. The van der Waals surface area contributed by atoms with Crippen molar-refractivity contribution in [3.63, 3.8) is 0 Å². The molecule has 0 atom stereocenters. The van der Waals surface area contributed by atoms with Gasteiger partial charge in [0.1, 0.15) is 5.82 Å². The Morgan fingerprint density at radius 1 is 1.30 bits per heavy atom. The summed E-state index contributed by atoms with van der Waals surface area (Å²) in [6, 6.07) is 3.67. The molecule has 0 bridgehead atoms. The highest BCUT2D eigenvalue weighted by Crippen LogP contribution is 2.48. The molecular formula is C18H23N3O2. The van der Waals surface area contributed by atoms with E-state index in [0.717, 1.165) is 5.56 Å². The average molecular weight is 313 g/mol. The molecule has 0 spiro atoms. The predicted octanol–water partition coefficient (Wildman–Crippen LogP) is 2.53. The molecule has 23 heavy (non-hydrogen) atoms. The number of hydrogen-bond donors (Lipinski definition) is 1. The summed E-state index contributed by atoms with van der Waals surface area (Å²) in [4.78, 5) is 29.9. The van der Waals surface area contributed by atoms with E-state index in [2.05, 4.69) is 10.3 Å². The molecule has 0 saturated heterocycles. The molecule has 2 fully saturated rings. The van der Waals surface area contributed by atoms with Crippen molar-refractivity contribution in [3.05, 3.63) is 35.5 Å². The standard InChI is InChI=1S/C18H23N3O2/c1-12-7-8-19-16(9-12)20-17(22)11-21(2)18(23)10-15(13-3-4-13)14-5-6-14/h7-10,13-14H,3-6,11H2,1-2H3,(H,19,20,22).